The molecule has 0 unspecified atom stereocenters. The van der Waals surface area contributed by atoms with E-state index in [9.17, 15) is 18.0 Å². The Hall–Kier alpha value is -3.37. The summed E-state index contributed by atoms with van der Waals surface area (Å²) in [4.78, 5) is 28.3. The molecule has 0 aliphatic rings. The lowest BCUT2D eigenvalue weighted by atomic mass is 10.1. The molecule has 3 rings (SSSR count). The quantitative estimate of drug-likeness (QED) is 0.636. The van der Waals surface area contributed by atoms with Crippen molar-refractivity contribution in [2.75, 3.05) is 6.61 Å². The molecule has 0 fully saturated rings. The molecule has 0 aliphatic carbocycles. The average molecular weight is 412 g/mol. The molecule has 0 aliphatic heterocycles. The van der Waals surface area contributed by atoms with E-state index in [0.717, 1.165) is 22.2 Å². The van der Waals surface area contributed by atoms with Crippen LogP contribution in [0.5, 0.6) is 0 Å². The number of H-pyrrole nitrogens is 1. The number of hydrogen-bond acceptors (Lipinski definition) is 5. The maximum Gasteiger partial charge on any atom is 0.490 e. The number of carboxylic acid groups (broad SMARTS) is 1. The van der Waals surface area contributed by atoms with Gasteiger partial charge in [0.25, 0.3) is 0 Å². The van der Waals surface area contributed by atoms with E-state index in [1.165, 1.54) is 0 Å². The minimum atomic E-state index is -5.08. The van der Waals surface area contributed by atoms with Crippen molar-refractivity contribution in [3.8, 4) is 11.1 Å². The van der Waals surface area contributed by atoms with E-state index in [0.29, 0.717) is 6.61 Å². The molecule has 0 amide bonds. The van der Waals surface area contributed by atoms with Crippen LogP contribution in [0.1, 0.15) is 20.8 Å². The van der Waals surface area contributed by atoms with E-state index in [4.69, 9.17) is 14.6 Å². The highest BCUT2D eigenvalue weighted by molar-refractivity contribution is 5.92. The normalized spacial score (nSPS) is 11.7. The number of aliphatic carboxylic acids is 1. The number of halogens is 3. The van der Waals surface area contributed by atoms with Crippen molar-refractivity contribution in [3.05, 3.63) is 36.9 Å². The molecule has 3 aromatic heterocycles. The summed E-state index contributed by atoms with van der Waals surface area (Å²) in [7, 11) is 0. The lowest BCUT2D eigenvalue weighted by molar-refractivity contribution is -0.192. The number of carbonyl (C=O) groups is 2. The average Bonchev–Trinajstić information content (AvgIpc) is 3.31. The number of nitrogens with one attached hydrogen (secondary N) is 1. The van der Waals surface area contributed by atoms with Gasteiger partial charge in [0.1, 0.15) is 5.65 Å². The second-order valence-corrected chi connectivity index (χ2v) is 6.35. The van der Waals surface area contributed by atoms with Gasteiger partial charge in [-0.3, -0.25) is 4.68 Å². The van der Waals surface area contributed by atoms with Crippen LogP contribution in [0.2, 0.25) is 0 Å². The number of carboxylic acids is 1. The Morgan fingerprint density at radius 1 is 1.28 bits per heavy atom. The molecular formula is C18H19F3N4O4. The number of alkyl halides is 3. The fourth-order valence-corrected chi connectivity index (χ4v) is 2.38. The zero-order valence-corrected chi connectivity index (χ0v) is 15.8. The lowest BCUT2D eigenvalue weighted by Gasteiger charge is -2.22. The van der Waals surface area contributed by atoms with Gasteiger partial charge in [-0.1, -0.05) is 0 Å². The van der Waals surface area contributed by atoms with Crippen LogP contribution >= 0.6 is 0 Å². The Kier molecular flexibility index (Phi) is 6.30. The zero-order chi connectivity index (χ0) is 21.8. The van der Waals surface area contributed by atoms with Crippen LogP contribution in [-0.2, 0) is 19.9 Å². The number of hydrogen-bond donors (Lipinski definition) is 2. The number of aromatic amines is 1. The largest absolute Gasteiger partial charge is 0.490 e. The van der Waals surface area contributed by atoms with Crippen molar-refractivity contribution in [2.45, 2.75) is 32.5 Å². The van der Waals surface area contributed by atoms with E-state index < -0.39 is 17.7 Å². The Morgan fingerprint density at radius 2 is 1.93 bits per heavy atom. The highest BCUT2D eigenvalue weighted by atomic mass is 19.4. The molecule has 0 saturated heterocycles. The maximum absolute atomic E-state index is 12.1. The molecular weight excluding hydrogens is 393 g/mol. The molecule has 0 atom stereocenters. The standard InChI is InChI=1S/C16H18N4O2.C2HF3O2/c1-4-22-15(21)16(2,3)20-10-11(9-19-20)12-5-7-17-14-13(12)6-8-18-14;3-2(4,5)1(6)7/h5-10H,4H2,1-3H3,(H,17,18);(H,6,7). The van der Waals surface area contributed by atoms with Crippen molar-refractivity contribution < 1.29 is 32.6 Å². The van der Waals surface area contributed by atoms with Crippen LogP contribution in [0.3, 0.4) is 0 Å². The first-order valence-electron chi connectivity index (χ1n) is 8.43. The maximum atomic E-state index is 12.1. The van der Waals surface area contributed by atoms with Gasteiger partial charge in [-0.2, -0.15) is 18.3 Å². The third-order valence-electron chi connectivity index (χ3n) is 3.94. The fraction of sp³-hybridized carbons (Fsp3) is 0.333. The molecule has 3 aromatic rings. The minimum Gasteiger partial charge on any atom is -0.475 e. The number of ether oxygens (including phenoxy) is 1. The third-order valence-corrected chi connectivity index (χ3v) is 3.94. The summed E-state index contributed by atoms with van der Waals surface area (Å²) < 4.78 is 38.5. The molecule has 8 nitrogen and oxygen atoms in total. The number of esters is 1. The second kappa shape index (κ2) is 8.33. The molecule has 3 heterocycles. The van der Waals surface area contributed by atoms with E-state index in [1.54, 1.807) is 37.8 Å². The monoisotopic (exact) mass is 412 g/mol. The van der Waals surface area contributed by atoms with Crippen LogP contribution in [0, 0.1) is 0 Å². The van der Waals surface area contributed by atoms with Crippen LogP contribution < -0.4 is 0 Å². The number of rotatable bonds is 4. The zero-order valence-electron chi connectivity index (χ0n) is 15.8. The van der Waals surface area contributed by atoms with Gasteiger partial charge in [-0.25, -0.2) is 14.6 Å². The first kappa shape index (κ1) is 21.9. The third kappa shape index (κ3) is 4.92. The Bertz CT molecular complexity index is 1010. The molecule has 29 heavy (non-hydrogen) atoms. The highest BCUT2D eigenvalue weighted by Crippen LogP contribution is 2.28. The number of pyridine rings is 1. The van der Waals surface area contributed by atoms with Crippen LogP contribution in [0.25, 0.3) is 22.2 Å². The molecule has 0 radical (unpaired) electrons. The summed E-state index contributed by atoms with van der Waals surface area (Å²) >= 11 is 0. The first-order valence-corrected chi connectivity index (χ1v) is 8.43. The summed E-state index contributed by atoms with van der Waals surface area (Å²) in [6.07, 6.45) is 2.14. The molecule has 11 heteroatoms. The summed E-state index contributed by atoms with van der Waals surface area (Å²) in [6, 6.07) is 3.92. The Labute approximate surface area is 163 Å². The van der Waals surface area contributed by atoms with Gasteiger partial charge in [0, 0.05) is 29.5 Å². The molecule has 0 spiro atoms. The number of nitrogens with zero attached hydrogens (tertiary/aromatic N) is 3. The topological polar surface area (TPSA) is 110 Å². The van der Waals surface area contributed by atoms with E-state index in [1.807, 2.05) is 24.5 Å². The molecule has 0 aromatic carbocycles. The van der Waals surface area contributed by atoms with Gasteiger partial charge < -0.3 is 14.8 Å². The molecule has 2 N–H and O–H groups in total. The fourth-order valence-electron chi connectivity index (χ4n) is 2.38. The van der Waals surface area contributed by atoms with Crippen molar-refractivity contribution in [1.29, 1.82) is 0 Å². The number of fused-ring (bicyclic) bond motifs is 1. The molecule has 0 bridgehead atoms. The Balaban J connectivity index is 0.000000370. The second-order valence-electron chi connectivity index (χ2n) is 6.35. The highest BCUT2D eigenvalue weighted by Gasteiger charge is 2.38. The lowest BCUT2D eigenvalue weighted by Crippen LogP contribution is -2.37. The van der Waals surface area contributed by atoms with Gasteiger partial charge >= 0.3 is 18.1 Å². The summed E-state index contributed by atoms with van der Waals surface area (Å²) in [5.41, 5.74) is 1.94. The van der Waals surface area contributed by atoms with Crippen molar-refractivity contribution in [3.63, 3.8) is 0 Å². The first-order chi connectivity index (χ1) is 13.5. The van der Waals surface area contributed by atoms with Gasteiger partial charge in [-0.05, 0) is 38.5 Å². The number of aromatic nitrogens is 4. The van der Waals surface area contributed by atoms with Crippen LogP contribution in [0.4, 0.5) is 13.2 Å². The smallest absolute Gasteiger partial charge is 0.475 e. The van der Waals surface area contributed by atoms with Crippen molar-refractivity contribution >= 4 is 23.0 Å². The summed E-state index contributed by atoms with van der Waals surface area (Å²) in [5.74, 6) is -3.06. The SMILES string of the molecule is CCOC(=O)C(C)(C)n1cc(-c2ccnc3[nH]ccc23)cn1.O=C(O)C(F)(F)F. The van der Waals surface area contributed by atoms with E-state index in [-0.39, 0.29) is 5.97 Å². The summed E-state index contributed by atoms with van der Waals surface area (Å²) in [5, 5.41) is 12.5. The van der Waals surface area contributed by atoms with Gasteiger partial charge in [0.2, 0.25) is 0 Å². The van der Waals surface area contributed by atoms with Gasteiger partial charge in [0.05, 0.1) is 12.8 Å². The summed E-state index contributed by atoms with van der Waals surface area (Å²) in [6.45, 7) is 5.73. The predicted octanol–water partition coefficient (Wildman–Crippen LogP) is 3.36. The van der Waals surface area contributed by atoms with Crippen molar-refractivity contribution in [2.24, 2.45) is 0 Å². The predicted molar refractivity (Wildman–Crippen MR) is 97.0 cm³/mol. The van der Waals surface area contributed by atoms with E-state index in [2.05, 4.69) is 15.1 Å². The van der Waals surface area contributed by atoms with Crippen molar-refractivity contribution in [1.82, 2.24) is 19.7 Å². The Morgan fingerprint density at radius 3 is 2.52 bits per heavy atom. The van der Waals surface area contributed by atoms with Gasteiger partial charge in [0.15, 0.2) is 5.54 Å². The van der Waals surface area contributed by atoms with Gasteiger partial charge in [-0.15, -0.1) is 0 Å². The van der Waals surface area contributed by atoms with Crippen LogP contribution in [-0.4, -0.2) is 49.6 Å². The molecule has 156 valence electrons. The number of carbonyl (C=O) groups excluding carboxylic acids is 1. The minimum absolute atomic E-state index is 0.300. The molecule has 0 saturated carbocycles. The van der Waals surface area contributed by atoms with E-state index >= 15 is 0 Å². The van der Waals surface area contributed by atoms with Crippen LogP contribution in [0.15, 0.2) is 36.9 Å².